The zero-order valence-corrected chi connectivity index (χ0v) is 21.1. The molecule has 8 nitrogen and oxygen atoms in total. The molecule has 0 atom stereocenters. The second-order valence-electron chi connectivity index (χ2n) is 9.36. The van der Waals surface area contributed by atoms with E-state index < -0.39 is 17.8 Å². The molecule has 4 rings (SSSR count). The monoisotopic (exact) mass is 515 g/mol. The SMILES string of the molecule is CN(C)CCCNc1nc(CN2CCN(C(=O)Nc3cccc(C(F)(F)F)c3)CC2)nc2ccccc12. The molecule has 2 N–H and O–H groups in total. The summed E-state index contributed by atoms with van der Waals surface area (Å²) in [5, 5.41) is 7.01. The molecule has 37 heavy (non-hydrogen) atoms. The van der Waals surface area contributed by atoms with Gasteiger partial charge < -0.3 is 20.4 Å². The van der Waals surface area contributed by atoms with E-state index in [0.29, 0.717) is 38.5 Å². The van der Waals surface area contributed by atoms with Crippen molar-refractivity contribution in [2.45, 2.75) is 19.1 Å². The molecule has 2 heterocycles. The van der Waals surface area contributed by atoms with Crippen molar-refractivity contribution in [1.82, 2.24) is 24.7 Å². The van der Waals surface area contributed by atoms with Gasteiger partial charge in [0.05, 0.1) is 17.6 Å². The maximum absolute atomic E-state index is 13.0. The highest BCUT2D eigenvalue weighted by molar-refractivity contribution is 5.90. The minimum Gasteiger partial charge on any atom is -0.369 e. The Bertz CT molecular complexity index is 1210. The summed E-state index contributed by atoms with van der Waals surface area (Å²) in [6.45, 7) is 4.45. The summed E-state index contributed by atoms with van der Waals surface area (Å²) in [6.07, 6.45) is -3.47. The number of halogens is 3. The number of carbonyl (C=O) groups excluding carboxylic acids is 1. The molecule has 198 valence electrons. The molecule has 3 aromatic rings. The molecule has 0 unspecified atom stereocenters. The molecule has 11 heteroatoms. The summed E-state index contributed by atoms with van der Waals surface area (Å²) in [4.78, 5) is 28.1. The lowest BCUT2D eigenvalue weighted by atomic mass is 10.2. The van der Waals surface area contributed by atoms with E-state index >= 15 is 0 Å². The summed E-state index contributed by atoms with van der Waals surface area (Å²) < 4.78 is 38.9. The van der Waals surface area contributed by atoms with Crippen LogP contribution in [0.3, 0.4) is 0 Å². The van der Waals surface area contributed by atoms with E-state index in [1.54, 1.807) is 4.90 Å². The van der Waals surface area contributed by atoms with Crippen LogP contribution in [0.5, 0.6) is 0 Å². The summed E-state index contributed by atoms with van der Waals surface area (Å²) in [5.74, 6) is 1.52. The van der Waals surface area contributed by atoms with E-state index in [-0.39, 0.29) is 5.69 Å². The topological polar surface area (TPSA) is 76.6 Å². The second-order valence-corrected chi connectivity index (χ2v) is 9.36. The first-order chi connectivity index (χ1) is 17.7. The van der Waals surface area contributed by atoms with Gasteiger partial charge in [0.1, 0.15) is 11.6 Å². The Morgan fingerprint density at radius 1 is 1.03 bits per heavy atom. The van der Waals surface area contributed by atoms with Crippen molar-refractivity contribution in [1.29, 1.82) is 0 Å². The van der Waals surface area contributed by atoms with E-state index in [0.717, 1.165) is 48.4 Å². The molecular weight excluding hydrogens is 483 g/mol. The molecule has 2 aromatic carbocycles. The van der Waals surface area contributed by atoms with Crippen LogP contribution in [0.25, 0.3) is 10.9 Å². The molecule has 0 saturated carbocycles. The lowest BCUT2D eigenvalue weighted by molar-refractivity contribution is -0.137. The van der Waals surface area contributed by atoms with Crippen LogP contribution in [0.15, 0.2) is 48.5 Å². The van der Waals surface area contributed by atoms with Gasteiger partial charge in [0.25, 0.3) is 0 Å². The number of hydrogen-bond acceptors (Lipinski definition) is 6. The van der Waals surface area contributed by atoms with Gasteiger partial charge in [-0.2, -0.15) is 13.2 Å². The minimum atomic E-state index is -4.46. The molecular formula is C26H32F3N7O. The Labute approximate surface area is 214 Å². The summed E-state index contributed by atoms with van der Waals surface area (Å²) in [5.41, 5.74) is 0.205. The number of urea groups is 1. The lowest BCUT2D eigenvalue weighted by Crippen LogP contribution is -2.49. The molecule has 1 saturated heterocycles. The number of nitrogens with zero attached hydrogens (tertiary/aromatic N) is 5. The summed E-state index contributed by atoms with van der Waals surface area (Å²) in [7, 11) is 4.10. The number of nitrogens with one attached hydrogen (secondary N) is 2. The van der Waals surface area contributed by atoms with E-state index in [1.807, 2.05) is 38.4 Å². The van der Waals surface area contributed by atoms with Crippen LogP contribution in [-0.4, -0.2) is 84.1 Å². The number of anilines is 2. The van der Waals surface area contributed by atoms with Crippen LogP contribution < -0.4 is 10.6 Å². The molecule has 0 bridgehead atoms. The van der Waals surface area contributed by atoms with Gasteiger partial charge in [-0.3, -0.25) is 4.90 Å². The smallest absolute Gasteiger partial charge is 0.369 e. The molecule has 1 fully saturated rings. The van der Waals surface area contributed by atoms with Crippen LogP contribution in [0.1, 0.15) is 17.8 Å². The van der Waals surface area contributed by atoms with E-state index in [4.69, 9.17) is 9.97 Å². The average molecular weight is 516 g/mol. The number of aromatic nitrogens is 2. The zero-order chi connectivity index (χ0) is 26.4. The van der Waals surface area contributed by atoms with Crippen LogP contribution in [-0.2, 0) is 12.7 Å². The lowest BCUT2D eigenvalue weighted by Gasteiger charge is -2.34. The molecule has 1 aromatic heterocycles. The van der Waals surface area contributed by atoms with Gasteiger partial charge in [-0.25, -0.2) is 14.8 Å². The number of benzene rings is 2. The van der Waals surface area contributed by atoms with E-state index in [2.05, 4.69) is 20.4 Å². The third-order valence-electron chi connectivity index (χ3n) is 6.19. The highest BCUT2D eigenvalue weighted by atomic mass is 19.4. The van der Waals surface area contributed by atoms with Gasteiger partial charge in [0.2, 0.25) is 0 Å². The fraction of sp³-hybridized carbons (Fsp3) is 0.423. The Morgan fingerprint density at radius 2 is 1.78 bits per heavy atom. The standard InChI is InChI=1S/C26H32F3N7O/c1-34(2)12-6-11-30-24-21-9-3-4-10-22(21)32-23(33-24)18-35-13-15-36(16-14-35)25(37)31-20-8-5-7-19(17-20)26(27,28)29/h3-5,7-10,17H,6,11-16,18H2,1-2H3,(H,31,37)(H,30,32,33). The molecule has 2 amide bonds. The Morgan fingerprint density at radius 3 is 2.51 bits per heavy atom. The number of piperazine rings is 1. The van der Waals surface area contributed by atoms with Gasteiger partial charge in [-0.05, 0) is 57.4 Å². The van der Waals surface area contributed by atoms with Crippen LogP contribution in [0.2, 0.25) is 0 Å². The number of alkyl halides is 3. The van der Waals surface area contributed by atoms with Crippen molar-refractivity contribution < 1.29 is 18.0 Å². The van der Waals surface area contributed by atoms with Gasteiger partial charge in [0, 0.05) is 43.8 Å². The van der Waals surface area contributed by atoms with Gasteiger partial charge in [-0.15, -0.1) is 0 Å². The van der Waals surface area contributed by atoms with Crippen molar-refractivity contribution in [2.24, 2.45) is 0 Å². The number of rotatable bonds is 8. The predicted octanol–water partition coefficient (Wildman–Crippen LogP) is 4.36. The fourth-order valence-corrected chi connectivity index (χ4v) is 4.22. The number of carbonyl (C=O) groups is 1. The minimum absolute atomic E-state index is 0.123. The van der Waals surface area contributed by atoms with E-state index in [1.165, 1.54) is 12.1 Å². The maximum Gasteiger partial charge on any atom is 0.416 e. The van der Waals surface area contributed by atoms with Crippen LogP contribution in [0, 0.1) is 0 Å². The Hall–Kier alpha value is -3.44. The largest absolute Gasteiger partial charge is 0.416 e. The van der Waals surface area contributed by atoms with Crippen LogP contribution in [0.4, 0.5) is 29.5 Å². The molecule has 0 spiro atoms. The second kappa shape index (κ2) is 11.7. The normalized spacial score (nSPS) is 14.8. The molecule has 1 aliphatic heterocycles. The Kier molecular flexibility index (Phi) is 8.45. The van der Waals surface area contributed by atoms with Gasteiger partial charge >= 0.3 is 12.2 Å². The number of fused-ring (bicyclic) bond motifs is 1. The number of para-hydroxylation sites is 1. The third kappa shape index (κ3) is 7.30. The summed E-state index contributed by atoms with van der Waals surface area (Å²) >= 11 is 0. The maximum atomic E-state index is 13.0. The molecule has 0 radical (unpaired) electrons. The highest BCUT2D eigenvalue weighted by Crippen LogP contribution is 2.30. The zero-order valence-electron chi connectivity index (χ0n) is 21.1. The fourth-order valence-electron chi connectivity index (χ4n) is 4.22. The Balaban J connectivity index is 1.34. The first kappa shape index (κ1) is 26.6. The van der Waals surface area contributed by atoms with Crippen molar-refractivity contribution in [2.75, 3.05) is 64.0 Å². The quantitative estimate of drug-likeness (QED) is 0.434. The van der Waals surface area contributed by atoms with Crippen molar-refractivity contribution >= 4 is 28.4 Å². The van der Waals surface area contributed by atoms with Gasteiger partial charge in [0.15, 0.2) is 0 Å². The van der Waals surface area contributed by atoms with Crippen molar-refractivity contribution in [3.8, 4) is 0 Å². The first-order valence-electron chi connectivity index (χ1n) is 12.3. The highest BCUT2D eigenvalue weighted by Gasteiger charge is 2.30. The van der Waals surface area contributed by atoms with Gasteiger partial charge in [-0.1, -0.05) is 18.2 Å². The predicted molar refractivity (Wildman–Crippen MR) is 139 cm³/mol. The number of hydrogen-bond donors (Lipinski definition) is 2. The third-order valence-corrected chi connectivity index (χ3v) is 6.19. The van der Waals surface area contributed by atoms with Crippen molar-refractivity contribution in [3.05, 3.63) is 59.9 Å². The average Bonchev–Trinajstić information content (AvgIpc) is 2.86. The molecule has 1 aliphatic rings. The van der Waals surface area contributed by atoms with E-state index in [9.17, 15) is 18.0 Å². The number of amides is 2. The first-order valence-corrected chi connectivity index (χ1v) is 12.3. The summed E-state index contributed by atoms with van der Waals surface area (Å²) in [6, 6.07) is 12.2. The van der Waals surface area contributed by atoms with Crippen LogP contribution >= 0.6 is 0 Å². The molecule has 0 aliphatic carbocycles. The van der Waals surface area contributed by atoms with Crippen molar-refractivity contribution in [3.63, 3.8) is 0 Å².